The summed E-state index contributed by atoms with van der Waals surface area (Å²) in [5.74, 6) is 0.567. The van der Waals surface area contributed by atoms with Crippen molar-refractivity contribution in [2.75, 3.05) is 17.7 Å². The van der Waals surface area contributed by atoms with Crippen LogP contribution < -0.4 is 15.4 Å². The minimum Gasteiger partial charge on any atom is -0.481 e. The van der Waals surface area contributed by atoms with Gasteiger partial charge in [0.15, 0.2) is 0 Å². The topological polar surface area (TPSA) is 63.2 Å². The molecule has 21 heavy (non-hydrogen) atoms. The van der Waals surface area contributed by atoms with Crippen molar-refractivity contribution in [3.8, 4) is 5.88 Å². The van der Waals surface area contributed by atoms with Crippen molar-refractivity contribution in [1.82, 2.24) is 4.98 Å². The molecule has 0 spiro atoms. The molecule has 0 aliphatic carbocycles. The molecule has 2 aromatic rings. The first kappa shape index (κ1) is 13.7. The van der Waals surface area contributed by atoms with Gasteiger partial charge in [0, 0.05) is 11.8 Å². The van der Waals surface area contributed by atoms with Crippen LogP contribution in [0.15, 0.2) is 30.3 Å². The molecule has 0 unspecified atom stereocenters. The van der Waals surface area contributed by atoms with Gasteiger partial charge in [-0.15, -0.1) is 0 Å². The van der Waals surface area contributed by atoms with E-state index in [0.717, 1.165) is 22.6 Å². The van der Waals surface area contributed by atoms with Crippen LogP contribution in [0.4, 0.5) is 11.4 Å². The molecule has 0 saturated heterocycles. The van der Waals surface area contributed by atoms with Crippen LogP contribution >= 0.6 is 11.6 Å². The summed E-state index contributed by atoms with van der Waals surface area (Å²) in [6.45, 7) is 0.525. The molecule has 0 saturated carbocycles. The van der Waals surface area contributed by atoms with E-state index in [1.54, 1.807) is 19.2 Å². The molecule has 1 amide bonds. The number of halogens is 1. The van der Waals surface area contributed by atoms with Gasteiger partial charge in [-0.1, -0.05) is 17.7 Å². The summed E-state index contributed by atoms with van der Waals surface area (Å²) in [6.07, 6.45) is 0.387. The molecule has 1 aliphatic heterocycles. The van der Waals surface area contributed by atoms with Gasteiger partial charge in [0.2, 0.25) is 11.8 Å². The standard InChI is InChI=1S/C15H14ClN3O2/c1-21-15-4-2-3-10(18-15)8-17-13-5-9-6-14(20)19-12(9)7-11(13)16/h2-5,7,17H,6,8H2,1H3,(H,19,20). The molecule has 1 aromatic carbocycles. The van der Waals surface area contributed by atoms with Crippen molar-refractivity contribution < 1.29 is 9.53 Å². The van der Waals surface area contributed by atoms with Gasteiger partial charge in [-0.05, 0) is 23.8 Å². The quantitative estimate of drug-likeness (QED) is 0.911. The zero-order valence-corrected chi connectivity index (χ0v) is 12.2. The number of anilines is 2. The van der Waals surface area contributed by atoms with Gasteiger partial charge in [0.1, 0.15) is 0 Å². The van der Waals surface area contributed by atoms with Gasteiger partial charge in [0.05, 0.1) is 36.5 Å². The maximum Gasteiger partial charge on any atom is 0.228 e. The van der Waals surface area contributed by atoms with E-state index < -0.39 is 0 Å². The molecule has 0 bridgehead atoms. The minimum atomic E-state index is -0.00678. The first-order valence-electron chi connectivity index (χ1n) is 6.52. The average Bonchev–Trinajstić information content (AvgIpc) is 2.84. The average molecular weight is 304 g/mol. The third-order valence-corrected chi connectivity index (χ3v) is 3.58. The zero-order chi connectivity index (χ0) is 14.8. The van der Waals surface area contributed by atoms with E-state index in [1.807, 2.05) is 18.2 Å². The number of methoxy groups -OCH3 is 1. The summed E-state index contributed by atoms with van der Waals surface area (Å²) in [7, 11) is 1.58. The number of nitrogens with zero attached hydrogens (tertiary/aromatic N) is 1. The number of carbonyl (C=O) groups excluding carboxylic acids is 1. The SMILES string of the molecule is COc1cccc(CNc2cc3c(cc2Cl)NC(=O)C3)n1. The Labute approximate surface area is 127 Å². The molecular weight excluding hydrogens is 290 g/mol. The first-order valence-corrected chi connectivity index (χ1v) is 6.89. The molecule has 6 heteroatoms. The molecule has 108 valence electrons. The molecule has 1 aliphatic rings. The lowest BCUT2D eigenvalue weighted by Gasteiger charge is -2.10. The van der Waals surface area contributed by atoms with Gasteiger partial charge in [-0.25, -0.2) is 4.98 Å². The van der Waals surface area contributed by atoms with Gasteiger partial charge in [-0.2, -0.15) is 0 Å². The number of aromatic nitrogens is 1. The lowest BCUT2D eigenvalue weighted by Crippen LogP contribution is -2.03. The lowest BCUT2D eigenvalue weighted by molar-refractivity contribution is -0.115. The maximum absolute atomic E-state index is 11.4. The van der Waals surface area contributed by atoms with Crippen LogP contribution in [-0.4, -0.2) is 18.0 Å². The van der Waals surface area contributed by atoms with E-state index >= 15 is 0 Å². The molecule has 0 atom stereocenters. The summed E-state index contributed by atoms with van der Waals surface area (Å²) < 4.78 is 5.09. The van der Waals surface area contributed by atoms with E-state index in [9.17, 15) is 4.79 Å². The monoisotopic (exact) mass is 303 g/mol. The molecule has 1 aromatic heterocycles. The van der Waals surface area contributed by atoms with Crippen LogP contribution in [0, 0.1) is 0 Å². The number of carbonyl (C=O) groups is 1. The predicted octanol–water partition coefficient (Wildman–Crippen LogP) is 2.85. The number of rotatable bonds is 4. The third kappa shape index (κ3) is 2.92. The van der Waals surface area contributed by atoms with E-state index in [4.69, 9.17) is 16.3 Å². The summed E-state index contributed by atoms with van der Waals surface area (Å²) >= 11 is 6.22. The van der Waals surface area contributed by atoms with E-state index in [2.05, 4.69) is 15.6 Å². The predicted molar refractivity (Wildman–Crippen MR) is 81.9 cm³/mol. The summed E-state index contributed by atoms with van der Waals surface area (Å²) in [5, 5.41) is 6.58. The highest BCUT2D eigenvalue weighted by Gasteiger charge is 2.19. The Kier molecular flexibility index (Phi) is 3.66. The van der Waals surface area contributed by atoms with Crippen molar-refractivity contribution in [2.45, 2.75) is 13.0 Å². The Morgan fingerprint density at radius 1 is 1.43 bits per heavy atom. The normalized spacial score (nSPS) is 12.8. The van der Waals surface area contributed by atoms with Crippen molar-refractivity contribution in [3.05, 3.63) is 46.6 Å². The highest BCUT2D eigenvalue weighted by Crippen LogP contribution is 2.33. The number of nitrogens with one attached hydrogen (secondary N) is 2. The van der Waals surface area contributed by atoms with E-state index in [0.29, 0.717) is 23.9 Å². The van der Waals surface area contributed by atoms with Crippen molar-refractivity contribution in [1.29, 1.82) is 0 Å². The number of amides is 1. The van der Waals surface area contributed by atoms with Crippen LogP contribution in [0.2, 0.25) is 5.02 Å². The number of pyridine rings is 1. The number of hydrogen-bond donors (Lipinski definition) is 2. The summed E-state index contributed by atoms with van der Waals surface area (Å²) in [6, 6.07) is 9.25. The Morgan fingerprint density at radius 3 is 3.10 bits per heavy atom. The van der Waals surface area contributed by atoms with Crippen molar-refractivity contribution >= 4 is 28.9 Å². The summed E-state index contributed by atoms with van der Waals surface area (Å²) in [5.41, 5.74) is 3.37. The molecule has 5 nitrogen and oxygen atoms in total. The fraction of sp³-hybridized carbons (Fsp3) is 0.200. The van der Waals surface area contributed by atoms with Gasteiger partial charge < -0.3 is 15.4 Å². The second-order valence-corrected chi connectivity index (χ2v) is 5.15. The van der Waals surface area contributed by atoms with Gasteiger partial charge >= 0.3 is 0 Å². The molecule has 2 heterocycles. The largest absolute Gasteiger partial charge is 0.481 e. The Morgan fingerprint density at radius 2 is 2.29 bits per heavy atom. The number of fused-ring (bicyclic) bond motifs is 1. The number of ether oxygens (including phenoxy) is 1. The van der Waals surface area contributed by atoms with Crippen molar-refractivity contribution in [2.24, 2.45) is 0 Å². The molecule has 0 fully saturated rings. The minimum absolute atomic E-state index is 0.00678. The van der Waals surface area contributed by atoms with Crippen LogP contribution in [0.5, 0.6) is 5.88 Å². The first-order chi connectivity index (χ1) is 10.2. The third-order valence-electron chi connectivity index (χ3n) is 3.27. The molecule has 0 radical (unpaired) electrons. The summed E-state index contributed by atoms with van der Waals surface area (Å²) in [4.78, 5) is 15.7. The number of hydrogen-bond acceptors (Lipinski definition) is 4. The van der Waals surface area contributed by atoms with Crippen molar-refractivity contribution in [3.63, 3.8) is 0 Å². The molecule has 3 rings (SSSR count). The van der Waals surface area contributed by atoms with E-state index in [-0.39, 0.29) is 5.91 Å². The maximum atomic E-state index is 11.4. The Hall–Kier alpha value is -2.27. The second-order valence-electron chi connectivity index (χ2n) is 4.74. The van der Waals surface area contributed by atoms with Gasteiger partial charge in [-0.3, -0.25) is 4.79 Å². The van der Waals surface area contributed by atoms with E-state index in [1.165, 1.54) is 0 Å². The molecule has 2 N–H and O–H groups in total. The lowest BCUT2D eigenvalue weighted by atomic mass is 10.1. The Bertz CT molecular complexity index is 703. The Balaban J connectivity index is 1.76. The van der Waals surface area contributed by atoms with Crippen LogP contribution in [0.25, 0.3) is 0 Å². The zero-order valence-electron chi connectivity index (χ0n) is 11.4. The van der Waals surface area contributed by atoms with Crippen LogP contribution in [0.1, 0.15) is 11.3 Å². The highest BCUT2D eigenvalue weighted by atomic mass is 35.5. The van der Waals surface area contributed by atoms with Crippen LogP contribution in [0.3, 0.4) is 0 Å². The second kappa shape index (κ2) is 5.61. The highest BCUT2D eigenvalue weighted by molar-refractivity contribution is 6.33. The van der Waals surface area contributed by atoms with Gasteiger partial charge in [0.25, 0.3) is 0 Å². The molecular formula is C15H14ClN3O2. The van der Waals surface area contributed by atoms with Crippen LogP contribution in [-0.2, 0) is 17.8 Å². The fourth-order valence-electron chi connectivity index (χ4n) is 2.24. The number of benzene rings is 1. The smallest absolute Gasteiger partial charge is 0.228 e. The fourth-order valence-corrected chi connectivity index (χ4v) is 2.47.